The van der Waals surface area contributed by atoms with Crippen LogP contribution in [-0.2, 0) is 4.74 Å². The van der Waals surface area contributed by atoms with Gasteiger partial charge in [-0.25, -0.2) is 0 Å². The smallest absolute Gasteiger partial charge is 0.0466 e. The molecule has 3 rings (SSSR count). The van der Waals surface area contributed by atoms with Crippen LogP contribution in [0.25, 0.3) is 0 Å². The molecule has 1 aromatic rings. The van der Waals surface area contributed by atoms with E-state index in [0.29, 0.717) is 0 Å². The lowest BCUT2D eigenvalue weighted by atomic mass is 9.68. The summed E-state index contributed by atoms with van der Waals surface area (Å²) >= 11 is 6.03. The number of rotatable bonds is 8. The molecule has 0 aromatic heterocycles. The molecular formula is C24H37ClO. The van der Waals surface area contributed by atoms with Gasteiger partial charge in [0.05, 0.1) is 0 Å². The highest BCUT2D eigenvalue weighted by Gasteiger charge is 2.31. The zero-order valence-electron chi connectivity index (χ0n) is 16.6. The summed E-state index contributed by atoms with van der Waals surface area (Å²) in [5.41, 5.74) is 1.50. The predicted molar refractivity (Wildman–Crippen MR) is 112 cm³/mol. The van der Waals surface area contributed by atoms with Crippen molar-refractivity contribution in [3.8, 4) is 0 Å². The molecule has 1 aromatic carbocycles. The summed E-state index contributed by atoms with van der Waals surface area (Å²) in [6.45, 7) is 4.10. The van der Waals surface area contributed by atoms with Crippen LogP contribution in [0, 0.1) is 17.8 Å². The van der Waals surface area contributed by atoms with Crippen molar-refractivity contribution in [2.75, 3.05) is 13.2 Å². The van der Waals surface area contributed by atoms with Crippen molar-refractivity contribution < 1.29 is 4.74 Å². The maximum absolute atomic E-state index is 6.03. The lowest BCUT2D eigenvalue weighted by Gasteiger charge is -2.38. The lowest BCUT2D eigenvalue weighted by Crippen LogP contribution is -2.25. The monoisotopic (exact) mass is 376 g/mol. The molecule has 0 unspecified atom stereocenters. The van der Waals surface area contributed by atoms with E-state index in [4.69, 9.17) is 16.3 Å². The minimum Gasteiger partial charge on any atom is -0.381 e. The molecule has 0 atom stereocenters. The van der Waals surface area contributed by atoms with Crippen LogP contribution in [0.1, 0.15) is 89.0 Å². The molecule has 2 fully saturated rings. The number of hydrogen-bond acceptors (Lipinski definition) is 1. The molecule has 0 N–H and O–H groups in total. The van der Waals surface area contributed by atoms with Gasteiger partial charge in [0.2, 0.25) is 0 Å². The Balaban J connectivity index is 1.34. The summed E-state index contributed by atoms with van der Waals surface area (Å²) in [5, 5.41) is 0.858. The van der Waals surface area contributed by atoms with E-state index in [-0.39, 0.29) is 0 Å². The molecule has 2 saturated carbocycles. The molecule has 0 aliphatic heterocycles. The van der Waals surface area contributed by atoms with Gasteiger partial charge in [-0.3, -0.25) is 0 Å². The van der Waals surface area contributed by atoms with E-state index in [1.54, 1.807) is 0 Å². The summed E-state index contributed by atoms with van der Waals surface area (Å²) in [5.74, 6) is 3.74. The first kappa shape index (κ1) is 20.2. The molecule has 0 radical (unpaired) electrons. The fourth-order valence-electron chi connectivity index (χ4n) is 5.33. The molecule has 2 aliphatic rings. The number of halogens is 1. The molecule has 26 heavy (non-hydrogen) atoms. The summed E-state index contributed by atoms with van der Waals surface area (Å²) in [7, 11) is 0. The number of benzene rings is 1. The second-order valence-corrected chi connectivity index (χ2v) is 9.14. The summed E-state index contributed by atoms with van der Waals surface area (Å²) < 4.78 is 5.64. The van der Waals surface area contributed by atoms with Gasteiger partial charge in [0.1, 0.15) is 0 Å². The van der Waals surface area contributed by atoms with Crippen LogP contribution in [0.15, 0.2) is 24.3 Å². The molecule has 0 saturated heterocycles. The third-order valence-corrected chi connectivity index (χ3v) is 7.17. The fraction of sp³-hybridized carbons (Fsp3) is 0.750. The van der Waals surface area contributed by atoms with Crippen LogP contribution in [0.5, 0.6) is 0 Å². The molecule has 0 bridgehead atoms. The SMILES string of the molecule is CCCOCCC[C@H]1CC[C@H]([C@H]2CC[C@H](c3ccc(Cl)cc3)CC2)CC1. The van der Waals surface area contributed by atoms with Crippen LogP contribution in [0.2, 0.25) is 5.02 Å². The van der Waals surface area contributed by atoms with Crippen molar-refractivity contribution >= 4 is 11.6 Å². The van der Waals surface area contributed by atoms with Crippen LogP contribution in [-0.4, -0.2) is 13.2 Å². The standard InChI is InChI=1S/C24H37ClO/c1-2-17-26-18-3-4-19-5-7-20(8-6-19)21-9-11-22(12-10-21)23-13-15-24(25)16-14-23/h13-16,19-22H,2-12,17-18H2,1H3/t19-,20-,21-,22-. The van der Waals surface area contributed by atoms with Crippen molar-refractivity contribution in [1.29, 1.82) is 0 Å². The highest BCUT2D eigenvalue weighted by atomic mass is 35.5. The number of hydrogen-bond donors (Lipinski definition) is 0. The van der Waals surface area contributed by atoms with Gasteiger partial charge in [-0.15, -0.1) is 0 Å². The Morgan fingerprint density at radius 2 is 1.46 bits per heavy atom. The molecule has 0 spiro atoms. The highest BCUT2D eigenvalue weighted by Crippen LogP contribution is 2.44. The van der Waals surface area contributed by atoms with Gasteiger partial charge in [-0.1, -0.05) is 43.5 Å². The van der Waals surface area contributed by atoms with Crippen LogP contribution < -0.4 is 0 Å². The van der Waals surface area contributed by atoms with Gasteiger partial charge in [-0.05, 0) is 99.2 Å². The summed E-state index contributed by atoms with van der Waals surface area (Å²) in [6.07, 6.45) is 15.3. The van der Waals surface area contributed by atoms with Crippen molar-refractivity contribution in [2.45, 2.75) is 83.5 Å². The second-order valence-electron chi connectivity index (χ2n) is 8.70. The highest BCUT2D eigenvalue weighted by molar-refractivity contribution is 6.30. The van der Waals surface area contributed by atoms with Gasteiger partial charge in [0, 0.05) is 18.2 Å². The third-order valence-electron chi connectivity index (χ3n) is 6.92. The molecular weight excluding hydrogens is 340 g/mol. The minimum atomic E-state index is 0.767. The van der Waals surface area contributed by atoms with E-state index < -0.39 is 0 Å². The largest absolute Gasteiger partial charge is 0.381 e. The second kappa shape index (κ2) is 10.7. The third kappa shape index (κ3) is 5.99. The van der Waals surface area contributed by atoms with Crippen LogP contribution >= 0.6 is 11.6 Å². The van der Waals surface area contributed by atoms with Crippen LogP contribution in [0.3, 0.4) is 0 Å². The van der Waals surface area contributed by atoms with Gasteiger partial charge < -0.3 is 4.74 Å². The van der Waals surface area contributed by atoms with Gasteiger partial charge in [0.25, 0.3) is 0 Å². The lowest BCUT2D eigenvalue weighted by molar-refractivity contribution is 0.117. The Morgan fingerprint density at radius 3 is 2.08 bits per heavy atom. The predicted octanol–water partition coefficient (Wildman–Crippen LogP) is 7.63. The first-order chi connectivity index (χ1) is 12.8. The quantitative estimate of drug-likeness (QED) is 0.424. The first-order valence-electron chi connectivity index (χ1n) is 11.1. The van der Waals surface area contributed by atoms with Gasteiger partial charge >= 0.3 is 0 Å². The summed E-state index contributed by atoms with van der Waals surface area (Å²) in [4.78, 5) is 0. The average Bonchev–Trinajstić information content (AvgIpc) is 2.69. The van der Waals surface area contributed by atoms with Crippen molar-refractivity contribution in [1.82, 2.24) is 0 Å². The molecule has 2 aliphatic carbocycles. The van der Waals surface area contributed by atoms with E-state index in [2.05, 4.69) is 31.2 Å². The average molecular weight is 377 g/mol. The minimum absolute atomic E-state index is 0.767. The summed E-state index contributed by atoms with van der Waals surface area (Å²) in [6, 6.07) is 8.58. The Kier molecular flexibility index (Phi) is 8.33. The maximum Gasteiger partial charge on any atom is 0.0466 e. The van der Waals surface area contributed by atoms with Gasteiger partial charge in [-0.2, -0.15) is 0 Å². The van der Waals surface area contributed by atoms with Gasteiger partial charge in [0.15, 0.2) is 0 Å². The molecule has 2 heteroatoms. The Labute approximate surface area is 165 Å². The molecule has 146 valence electrons. The van der Waals surface area contributed by atoms with E-state index in [1.807, 2.05) is 0 Å². The van der Waals surface area contributed by atoms with Crippen molar-refractivity contribution in [2.24, 2.45) is 17.8 Å². The van der Waals surface area contributed by atoms with Crippen molar-refractivity contribution in [3.63, 3.8) is 0 Å². The van der Waals surface area contributed by atoms with E-state index in [1.165, 1.54) is 69.8 Å². The Hall–Kier alpha value is -0.530. The Morgan fingerprint density at radius 1 is 0.846 bits per heavy atom. The van der Waals surface area contributed by atoms with E-state index >= 15 is 0 Å². The zero-order chi connectivity index (χ0) is 18.2. The van der Waals surface area contributed by atoms with E-state index in [0.717, 1.165) is 48.3 Å². The van der Waals surface area contributed by atoms with Crippen LogP contribution in [0.4, 0.5) is 0 Å². The number of ether oxygens (including phenoxy) is 1. The maximum atomic E-state index is 6.03. The van der Waals surface area contributed by atoms with Crippen molar-refractivity contribution in [3.05, 3.63) is 34.9 Å². The molecule has 0 amide bonds. The normalized spacial score (nSPS) is 29.6. The fourth-order valence-corrected chi connectivity index (χ4v) is 5.45. The molecule has 0 heterocycles. The topological polar surface area (TPSA) is 9.23 Å². The van der Waals surface area contributed by atoms with E-state index in [9.17, 15) is 0 Å². The zero-order valence-corrected chi connectivity index (χ0v) is 17.4. The first-order valence-corrected chi connectivity index (χ1v) is 11.5. The Bertz CT molecular complexity index is 495. The molecule has 1 nitrogen and oxygen atoms in total.